The second-order valence-corrected chi connectivity index (χ2v) is 2.63. The van der Waals surface area contributed by atoms with Crippen LogP contribution >= 0.6 is 0 Å². The summed E-state index contributed by atoms with van der Waals surface area (Å²) >= 11 is 0. The molecule has 0 saturated heterocycles. The van der Waals surface area contributed by atoms with E-state index in [1.54, 1.807) is 0 Å². The zero-order chi connectivity index (χ0) is 10.8. The molecule has 1 rings (SSSR count). The van der Waals surface area contributed by atoms with Crippen LogP contribution in [0.2, 0.25) is 0 Å². The first kappa shape index (κ1) is 10.7. The molecule has 0 radical (unpaired) electrons. The quantitative estimate of drug-likeness (QED) is 0.537. The number of benzene rings is 1. The third-order valence-electron chi connectivity index (χ3n) is 1.71. The normalized spacial score (nSPS) is 11.4. The van der Waals surface area contributed by atoms with Crippen LogP contribution in [0.1, 0.15) is 11.1 Å². The minimum absolute atomic E-state index is 0.244. The van der Waals surface area contributed by atoms with Crippen LogP contribution in [0.5, 0.6) is 0 Å². The maximum Gasteiger partial charge on any atom is 0.416 e. The van der Waals surface area contributed by atoms with Crippen LogP contribution in [0.3, 0.4) is 0 Å². The number of aldehydes is 1. The maximum absolute atomic E-state index is 12.9. The lowest BCUT2D eigenvalue weighted by Gasteiger charge is -2.11. The van der Waals surface area contributed by atoms with E-state index in [1.165, 1.54) is 0 Å². The number of carbonyl (C=O) groups is 1. The van der Waals surface area contributed by atoms with Gasteiger partial charge in [0.2, 0.25) is 0 Å². The summed E-state index contributed by atoms with van der Waals surface area (Å²) < 4.78 is 49.7. The van der Waals surface area contributed by atoms with Crippen LogP contribution in [0.15, 0.2) is 18.2 Å². The Hall–Kier alpha value is -1.39. The number of carbonyl (C=O) groups excluding carboxylic acids is 1. The summed E-state index contributed by atoms with van der Waals surface area (Å²) in [6.45, 7) is 0. The Morgan fingerprint density at radius 3 is 2.43 bits per heavy atom. The third-order valence-corrected chi connectivity index (χ3v) is 1.71. The largest absolute Gasteiger partial charge is 0.416 e. The topological polar surface area (TPSA) is 17.1 Å². The van der Waals surface area contributed by atoms with Crippen molar-refractivity contribution < 1.29 is 22.4 Å². The van der Waals surface area contributed by atoms with Gasteiger partial charge >= 0.3 is 6.18 Å². The molecule has 76 valence electrons. The Kier molecular flexibility index (Phi) is 2.88. The monoisotopic (exact) mass is 206 g/mol. The second kappa shape index (κ2) is 3.77. The lowest BCUT2D eigenvalue weighted by Crippen LogP contribution is -2.11. The van der Waals surface area contributed by atoms with Crippen molar-refractivity contribution in [1.82, 2.24) is 0 Å². The van der Waals surface area contributed by atoms with Crippen molar-refractivity contribution >= 4 is 6.29 Å². The molecular formula is C9H6F4O. The highest BCUT2D eigenvalue weighted by Crippen LogP contribution is 2.32. The van der Waals surface area contributed by atoms with Crippen molar-refractivity contribution in [2.75, 3.05) is 0 Å². The molecule has 0 aliphatic rings. The summed E-state index contributed by atoms with van der Waals surface area (Å²) in [6.07, 6.45) is -4.95. The smallest absolute Gasteiger partial charge is 0.303 e. The van der Waals surface area contributed by atoms with Crippen molar-refractivity contribution in [1.29, 1.82) is 0 Å². The van der Waals surface area contributed by atoms with E-state index in [4.69, 9.17) is 0 Å². The first-order valence-corrected chi connectivity index (χ1v) is 3.75. The first-order chi connectivity index (χ1) is 6.46. The van der Waals surface area contributed by atoms with Gasteiger partial charge in [0.15, 0.2) is 0 Å². The van der Waals surface area contributed by atoms with Crippen LogP contribution in [0.4, 0.5) is 17.6 Å². The van der Waals surface area contributed by atoms with Gasteiger partial charge in [0.1, 0.15) is 12.1 Å². The predicted molar refractivity (Wildman–Crippen MR) is 41.2 cm³/mol. The van der Waals surface area contributed by atoms with Crippen LogP contribution in [0, 0.1) is 5.82 Å². The van der Waals surface area contributed by atoms with Crippen molar-refractivity contribution in [2.45, 2.75) is 12.6 Å². The highest BCUT2D eigenvalue weighted by atomic mass is 19.4. The first-order valence-electron chi connectivity index (χ1n) is 3.75. The Labute approximate surface area is 77.3 Å². The average molecular weight is 206 g/mol. The molecule has 0 spiro atoms. The van der Waals surface area contributed by atoms with Gasteiger partial charge < -0.3 is 4.79 Å². The zero-order valence-corrected chi connectivity index (χ0v) is 6.94. The van der Waals surface area contributed by atoms with E-state index in [0.717, 1.165) is 18.2 Å². The number of hydrogen-bond donors (Lipinski definition) is 0. The molecule has 1 nitrogen and oxygen atoms in total. The van der Waals surface area contributed by atoms with Gasteiger partial charge in [0, 0.05) is 12.0 Å². The van der Waals surface area contributed by atoms with Gasteiger partial charge in [0.05, 0.1) is 5.56 Å². The highest BCUT2D eigenvalue weighted by molar-refractivity contribution is 5.56. The summed E-state index contributed by atoms with van der Waals surface area (Å²) in [7, 11) is 0. The van der Waals surface area contributed by atoms with E-state index in [1.807, 2.05) is 0 Å². The van der Waals surface area contributed by atoms with Crippen LogP contribution < -0.4 is 0 Å². The molecule has 0 aromatic heterocycles. The van der Waals surface area contributed by atoms with E-state index in [-0.39, 0.29) is 6.29 Å². The van der Waals surface area contributed by atoms with E-state index in [2.05, 4.69) is 0 Å². The fourth-order valence-electron chi connectivity index (χ4n) is 1.12. The highest BCUT2D eigenvalue weighted by Gasteiger charge is 2.34. The molecule has 0 atom stereocenters. The summed E-state index contributed by atoms with van der Waals surface area (Å²) in [5, 5.41) is 0. The molecule has 0 aliphatic heterocycles. The maximum atomic E-state index is 12.9. The van der Waals surface area contributed by atoms with Crippen molar-refractivity contribution in [3.63, 3.8) is 0 Å². The Bertz CT molecular complexity index is 343. The molecule has 1 aromatic rings. The van der Waals surface area contributed by atoms with Gasteiger partial charge in [-0.05, 0) is 12.1 Å². The molecule has 14 heavy (non-hydrogen) atoms. The number of rotatable bonds is 2. The fraction of sp³-hybridized carbons (Fsp3) is 0.222. The second-order valence-electron chi connectivity index (χ2n) is 2.63. The van der Waals surface area contributed by atoms with Crippen LogP contribution in [0.25, 0.3) is 0 Å². The predicted octanol–water partition coefficient (Wildman–Crippen LogP) is 2.59. The number of hydrogen-bond acceptors (Lipinski definition) is 1. The molecule has 0 amide bonds. The van der Waals surface area contributed by atoms with E-state index in [0.29, 0.717) is 0 Å². The van der Waals surface area contributed by atoms with Gasteiger partial charge in [-0.2, -0.15) is 13.2 Å². The number of alkyl halides is 3. The van der Waals surface area contributed by atoms with Crippen LogP contribution in [-0.2, 0) is 17.4 Å². The molecule has 5 heteroatoms. The summed E-state index contributed by atoms with van der Waals surface area (Å²) in [5.41, 5.74) is -1.69. The summed E-state index contributed by atoms with van der Waals surface area (Å²) in [6, 6.07) is 2.61. The van der Waals surface area contributed by atoms with Gasteiger partial charge in [-0.25, -0.2) is 4.39 Å². The third kappa shape index (κ3) is 2.10. The molecular weight excluding hydrogens is 200 g/mol. The van der Waals surface area contributed by atoms with Crippen molar-refractivity contribution in [3.05, 3.63) is 35.1 Å². The molecule has 0 fully saturated rings. The minimum atomic E-state index is -4.62. The number of halogens is 4. The van der Waals surface area contributed by atoms with E-state index in [9.17, 15) is 22.4 Å². The van der Waals surface area contributed by atoms with Crippen molar-refractivity contribution in [3.8, 4) is 0 Å². The Morgan fingerprint density at radius 2 is 1.93 bits per heavy atom. The Morgan fingerprint density at radius 1 is 1.29 bits per heavy atom. The average Bonchev–Trinajstić information content (AvgIpc) is 2.07. The summed E-state index contributed by atoms with van der Waals surface area (Å²) in [4.78, 5) is 10.1. The molecule has 0 saturated carbocycles. The SMILES string of the molecule is O=CCc1c(F)cccc1C(F)(F)F. The van der Waals surface area contributed by atoms with Gasteiger partial charge in [0.25, 0.3) is 0 Å². The van der Waals surface area contributed by atoms with Crippen LogP contribution in [-0.4, -0.2) is 6.29 Å². The zero-order valence-electron chi connectivity index (χ0n) is 6.94. The minimum Gasteiger partial charge on any atom is -0.303 e. The van der Waals surface area contributed by atoms with Gasteiger partial charge in [-0.15, -0.1) is 0 Å². The molecule has 0 aliphatic carbocycles. The molecule has 0 bridgehead atoms. The molecule has 0 heterocycles. The Balaban J connectivity index is 3.28. The van der Waals surface area contributed by atoms with Gasteiger partial charge in [-0.1, -0.05) is 6.07 Å². The van der Waals surface area contributed by atoms with E-state index >= 15 is 0 Å². The standard InChI is InChI=1S/C9H6F4O/c10-8-3-1-2-7(9(11,12)13)6(8)4-5-14/h1-3,5H,4H2. The van der Waals surface area contributed by atoms with E-state index < -0.39 is 29.5 Å². The van der Waals surface area contributed by atoms with Crippen molar-refractivity contribution in [2.24, 2.45) is 0 Å². The molecule has 1 aromatic carbocycles. The molecule has 0 N–H and O–H groups in total. The fourth-order valence-corrected chi connectivity index (χ4v) is 1.12. The lowest BCUT2D eigenvalue weighted by atomic mass is 10.0. The summed E-state index contributed by atoms with van der Waals surface area (Å²) in [5.74, 6) is -1.01. The lowest BCUT2D eigenvalue weighted by molar-refractivity contribution is -0.138. The van der Waals surface area contributed by atoms with Gasteiger partial charge in [-0.3, -0.25) is 0 Å². The molecule has 0 unspecified atom stereocenters.